The molecule has 2 amide bonds. The molecule has 3 aliphatic rings. The van der Waals surface area contributed by atoms with Gasteiger partial charge in [0.25, 0.3) is 11.4 Å². The second kappa shape index (κ2) is 15.0. The molecule has 0 bridgehead atoms. The van der Waals surface area contributed by atoms with Crippen LogP contribution >= 0.6 is 11.8 Å². The minimum atomic E-state index is -3.69. The maximum atomic E-state index is 13.5. The Kier molecular flexibility index (Phi) is 11.0. The molecule has 51 heavy (non-hydrogen) atoms. The van der Waals surface area contributed by atoms with Crippen LogP contribution in [0.25, 0.3) is 0 Å². The minimum Gasteiger partial charge on any atom is -0.456 e. The van der Waals surface area contributed by atoms with E-state index in [1.165, 1.54) is 90.3 Å². The number of likely N-dealkylation sites (tertiary alicyclic amines) is 1. The van der Waals surface area contributed by atoms with Gasteiger partial charge < -0.3 is 19.5 Å². The Balaban J connectivity index is 1.35. The summed E-state index contributed by atoms with van der Waals surface area (Å²) in [5.74, 6) is -1.98. The molecule has 1 unspecified atom stereocenters. The topological polar surface area (TPSA) is 232 Å². The van der Waals surface area contributed by atoms with Crippen LogP contribution in [-0.2, 0) is 42.3 Å². The number of aliphatic hydroxyl groups excluding tert-OH is 1. The van der Waals surface area contributed by atoms with Gasteiger partial charge in [0, 0.05) is 60.6 Å². The molecular weight excluding hydrogens is 713 g/mol. The average Bonchev–Trinajstić information content (AvgIpc) is 3.63. The largest absolute Gasteiger partial charge is 0.456 e. The van der Waals surface area contributed by atoms with Crippen molar-refractivity contribution in [3.8, 4) is 0 Å². The van der Waals surface area contributed by atoms with Gasteiger partial charge in [0.2, 0.25) is 15.9 Å². The molecule has 2 fully saturated rings. The molecule has 2 aromatic carbocycles. The van der Waals surface area contributed by atoms with Crippen LogP contribution in [-0.4, -0.2) is 105 Å². The summed E-state index contributed by atoms with van der Waals surface area (Å²) >= 11 is 1.25. The maximum Gasteiger partial charge on any atom is 0.410 e. The van der Waals surface area contributed by atoms with Crippen LogP contribution in [0.5, 0.6) is 0 Å². The van der Waals surface area contributed by atoms with E-state index < -0.39 is 61.9 Å². The number of β-lactam (4-membered cyclic amide) rings is 1. The number of esters is 1. The Morgan fingerprint density at radius 1 is 1.06 bits per heavy atom. The van der Waals surface area contributed by atoms with Gasteiger partial charge >= 0.3 is 12.1 Å². The molecule has 2 saturated heterocycles. The lowest BCUT2D eigenvalue weighted by Crippen LogP contribution is -2.61. The van der Waals surface area contributed by atoms with E-state index in [2.05, 4.69) is 5.10 Å². The zero-order valence-electron chi connectivity index (χ0n) is 27.6. The molecule has 1 N–H and O–H groups in total. The van der Waals surface area contributed by atoms with E-state index in [-0.39, 0.29) is 54.9 Å². The zero-order chi connectivity index (χ0) is 37.2. The Bertz CT molecular complexity index is 1880. The number of hydrazone groups is 1. The minimum absolute atomic E-state index is 0.00929. The Morgan fingerprint density at radius 2 is 1.61 bits per heavy atom. The fourth-order valence-corrected chi connectivity index (χ4v) is 7.64. The molecule has 0 spiro atoms. The summed E-state index contributed by atoms with van der Waals surface area (Å²) in [5.41, 5.74) is 0.728. The number of benzene rings is 2. The lowest BCUT2D eigenvalue weighted by Gasteiger charge is -2.44. The van der Waals surface area contributed by atoms with Gasteiger partial charge in [0.05, 0.1) is 40.2 Å². The summed E-state index contributed by atoms with van der Waals surface area (Å²) in [7, 11) is -2.45. The van der Waals surface area contributed by atoms with Crippen molar-refractivity contribution in [2.75, 3.05) is 19.8 Å². The van der Waals surface area contributed by atoms with Gasteiger partial charge in [-0.2, -0.15) is 9.52 Å². The number of non-ortho nitro benzene ring substituents is 2. The molecule has 0 radical (unpaired) electrons. The smallest absolute Gasteiger partial charge is 0.410 e. The standard InChI is InChI=1S/C31H34N6O12S2/c1-18(38)27-25-13-26(28(35(25)29(27)39)30(40)48-16-19-4-8-21(9-5-19)36(42)43)50-24-12-23(14-32-33(2)51(3,46)47)34(15-24)31(41)49-17-20-6-10-22(11-7-20)37(44)45/h4-11,14,18,23-25,27,38H,12-13,15-17H2,1-3H3/t18?,23-,24-,25+,27+/m0/s1. The summed E-state index contributed by atoms with van der Waals surface area (Å²) in [5, 5.41) is 35.9. The molecule has 0 saturated carbocycles. The number of nitro benzene ring substituents is 2. The fourth-order valence-electron chi connectivity index (χ4n) is 5.92. The van der Waals surface area contributed by atoms with E-state index in [0.717, 1.165) is 10.7 Å². The molecule has 18 nitrogen and oxygen atoms in total. The number of carbonyl (C=O) groups excluding carboxylic acids is 3. The number of nitrogens with zero attached hydrogens (tertiary/aromatic N) is 6. The van der Waals surface area contributed by atoms with Crippen LogP contribution in [0.4, 0.5) is 16.2 Å². The number of ether oxygens (including phenoxy) is 2. The third kappa shape index (κ3) is 8.29. The summed E-state index contributed by atoms with van der Waals surface area (Å²) in [6.45, 7) is 1.14. The number of thioether (sulfide) groups is 1. The third-order valence-corrected chi connectivity index (χ3v) is 11.0. The molecule has 20 heteroatoms. The van der Waals surface area contributed by atoms with E-state index in [1.807, 2.05) is 0 Å². The van der Waals surface area contributed by atoms with Crippen LogP contribution in [0.3, 0.4) is 0 Å². The number of rotatable bonds is 13. The number of hydrogen-bond donors (Lipinski definition) is 1. The second-order valence-electron chi connectivity index (χ2n) is 12.2. The van der Waals surface area contributed by atoms with Crippen LogP contribution in [0.2, 0.25) is 0 Å². The molecule has 0 aliphatic carbocycles. The van der Waals surface area contributed by atoms with Crippen LogP contribution < -0.4 is 0 Å². The monoisotopic (exact) mass is 746 g/mol. The van der Waals surface area contributed by atoms with Crippen LogP contribution in [0.15, 0.2) is 64.2 Å². The lowest BCUT2D eigenvalue weighted by molar-refractivity contribution is -0.385. The van der Waals surface area contributed by atoms with E-state index in [1.54, 1.807) is 0 Å². The van der Waals surface area contributed by atoms with Gasteiger partial charge in [-0.25, -0.2) is 18.0 Å². The van der Waals surface area contributed by atoms with Gasteiger partial charge in [0.1, 0.15) is 18.9 Å². The maximum absolute atomic E-state index is 13.5. The van der Waals surface area contributed by atoms with Crippen LogP contribution in [0, 0.1) is 26.1 Å². The first kappa shape index (κ1) is 37.2. The van der Waals surface area contributed by atoms with Gasteiger partial charge in [-0.05, 0) is 48.7 Å². The van der Waals surface area contributed by atoms with Gasteiger partial charge in [-0.15, -0.1) is 11.8 Å². The fraction of sp³-hybridized carbons (Fsp3) is 0.419. The highest BCUT2D eigenvalue weighted by molar-refractivity contribution is 8.03. The zero-order valence-corrected chi connectivity index (χ0v) is 29.2. The molecule has 2 aromatic rings. The predicted molar refractivity (Wildman–Crippen MR) is 181 cm³/mol. The first-order valence-electron chi connectivity index (χ1n) is 15.5. The van der Waals surface area contributed by atoms with E-state index >= 15 is 0 Å². The normalized spacial score (nSPS) is 22.1. The van der Waals surface area contributed by atoms with Crippen molar-refractivity contribution in [2.45, 2.75) is 56.4 Å². The molecular formula is C31H34N6O12S2. The highest BCUT2D eigenvalue weighted by Crippen LogP contribution is 2.49. The molecule has 0 aromatic heterocycles. The van der Waals surface area contributed by atoms with Crippen molar-refractivity contribution in [1.29, 1.82) is 0 Å². The van der Waals surface area contributed by atoms with Crippen molar-refractivity contribution >= 4 is 57.3 Å². The average molecular weight is 747 g/mol. The first-order chi connectivity index (χ1) is 24.0. The summed E-state index contributed by atoms with van der Waals surface area (Å²) in [6, 6.07) is 9.68. The second-order valence-corrected chi connectivity index (χ2v) is 15.5. The number of nitro groups is 2. The number of sulfonamides is 1. The lowest BCUT2D eigenvalue weighted by atomic mass is 9.83. The van der Waals surface area contributed by atoms with E-state index in [0.29, 0.717) is 16.0 Å². The summed E-state index contributed by atoms with van der Waals surface area (Å²) in [6.07, 6.45) is 1.04. The van der Waals surface area contributed by atoms with Crippen molar-refractivity contribution in [3.63, 3.8) is 0 Å². The van der Waals surface area contributed by atoms with Crippen molar-refractivity contribution in [2.24, 2.45) is 11.0 Å². The number of aliphatic hydroxyl groups is 1. The molecule has 3 heterocycles. The SMILES string of the molecule is CC(O)[C@H]1C(=O)N2C(C(=O)OCc3ccc([N+](=O)[O-])cc3)=C(S[C@H]3C[C@@H](C=NN(C)S(C)(=O)=O)N(C(=O)OCc4ccc([N+](=O)[O-])cc4)C3)C[C@H]12. The van der Waals surface area contributed by atoms with E-state index in [9.17, 15) is 48.1 Å². The van der Waals surface area contributed by atoms with Crippen molar-refractivity contribution in [3.05, 3.63) is 90.5 Å². The summed E-state index contributed by atoms with van der Waals surface area (Å²) < 4.78 is 35.7. The van der Waals surface area contributed by atoms with E-state index in [4.69, 9.17) is 9.47 Å². The molecule has 272 valence electrons. The Morgan fingerprint density at radius 3 is 2.12 bits per heavy atom. The third-order valence-electron chi connectivity index (χ3n) is 8.64. The number of fused-ring (bicyclic) bond motifs is 1. The Labute approximate surface area is 296 Å². The highest BCUT2D eigenvalue weighted by Gasteiger charge is 2.57. The highest BCUT2D eigenvalue weighted by atomic mass is 32.2. The van der Waals surface area contributed by atoms with Gasteiger partial charge in [-0.3, -0.25) is 29.9 Å². The van der Waals surface area contributed by atoms with Crippen molar-refractivity contribution < 1.29 is 47.2 Å². The first-order valence-corrected chi connectivity index (χ1v) is 18.2. The number of carbonyl (C=O) groups is 3. The quantitative estimate of drug-likeness (QED) is 0.102. The predicted octanol–water partition coefficient (Wildman–Crippen LogP) is 2.76. The summed E-state index contributed by atoms with van der Waals surface area (Å²) in [4.78, 5) is 64.0. The molecule has 5 rings (SSSR count). The Hall–Kier alpha value is -5.08. The molecule has 3 aliphatic heterocycles. The van der Waals surface area contributed by atoms with Gasteiger partial charge in [-0.1, -0.05) is 0 Å². The van der Waals surface area contributed by atoms with Crippen LogP contribution in [0.1, 0.15) is 30.9 Å². The number of hydrogen-bond acceptors (Lipinski definition) is 14. The van der Waals surface area contributed by atoms with Crippen molar-refractivity contribution in [1.82, 2.24) is 14.2 Å². The van der Waals surface area contributed by atoms with Gasteiger partial charge in [0.15, 0.2) is 0 Å². The molecule has 5 atom stereocenters. The number of amides is 2.